The lowest BCUT2D eigenvalue weighted by molar-refractivity contribution is -0.385. The number of alkyl halides is 1. The van der Waals surface area contributed by atoms with Crippen LogP contribution < -0.4 is 4.74 Å². The van der Waals surface area contributed by atoms with Crippen molar-refractivity contribution in [3.05, 3.63) is 33.3 Å². The molecule has 0 aliphatic heterocycles. The van der Waals surface area contributed by atoms with Crippen molar-refractivity contribution < 1.29 is 9.66 Å². The maximum atomic E-state index is 10.6. The summed E-state index contributed by atoms with van der Waals surface area (Å²) in [7, 11) is 0. The highest BCUT2D eigenvalue weighted by atomic mass is 35.5. The summed E-state index contributed by atoms with van der Waals surface area (Å²) >= 11 is 11.2. The first-order chi connectivity index (χ1) is 7.54. The van der Waals surface area contributed by atoms with Crippen molar-refractivity contribution >= 4 is 28.9 Å². The topological polar surface area (TPSA) is 76.2 Å². The molecule has 16 heavy (non-hydrogen) atoms. The van der Waals surface area contributed by atoms with Crippen LogP contribution in [0.25, 0.3) is 0 Å². The van der Waals surface area contributed by atoms with Crippen molar-refractivity contribution in [2.24, 2.45) is 0 Å². The minimum absolute atomic E-state index is 0.00148. The van der Waals surface area contributed by atoms with Gasteiger partial charge in [0.15, 0.2) is 11.1 Å². The molecule has 7 heteroatoms. The number of nitrogens with zero attached hydrogens (tertiary/aromatic N) is 2. The normalized spacial score (nSPS) is 11.6. The molecular formula is C9H6Cl2N2O3. The van der Waals surface area contributed by atoms with E-state index in [9.17, 15) is 10.1 Å². The third-order valence-electron chi connectivity index (χ3n) is 1.64. The van der Waals surface area contributed by atoms with E-state index in [1.165, 1.54) is 18.2 Å². The van der Waals surface area contributed by atoms with Crippen molar-refractivity contribution in [3.63, 3.8) is 0 Å². The zero-order chi connectivity index (χ0) is 12.1. The number of benzene rings is 1. The molecule has 0 heterocycles. The Balaban J connectivity index is 2.89. The first-order valence-corrected chi connectivity index (χ1v) is 4.96. The highest BCUT2D eigenvalue weighted by molar-refractivity contribution is 6.30. The van der Waals surface area contributed by atoms with Gasteiger partial charge in [-0.05, 0) is 6.07 Å². The van der Waals surface area contributed by atoms with Crippen LogP contribution >= 0.6 is 23.2 Å². The van der Waals surface area contributed by atoms with E-state index in [0.29, 0.717) is 5.02 Å². The Labute approximate surface area is 101 Å². The molecule has 0 aliphatic carbocycles. The molecule has 84 valence electrons. The van der Waals surface area contributed by atoms with Crippen molar-refractivity contribution in [2.45, 2.75) is 5.38 Å². The molecule has 0 bridgehead atoms. The monoisotopic (exact) mass is 260 g/mol. The molecule has 0 spiro atoms. The number of nitro benzene ring substituents is 1. The zero-order valence-electron chi connectivity index (χ0n) is 7.89. The van der Waals surface area contributed by atoms with Crippen LogP contribution in [0.4, 0.5) is 5.69 Å². The van der Waals surface area contributed by atoms with Gasteiger partial charge in [0.25, 0.3) is 0 Å². The van der Waals surface area contributed by atoms with Crippen LogP contribution in [-0.4, -0.2) is 16.9 Å². The van der Waals surface area contributed by atoms with E-state index in [2.05, 4.69) is 0 Å². The second-order valence-corrected chi connectivity index (χ2v) is 3.74. The molecule has 1 aromatic carbocycles. The van der Waals surface area contributed by atoms with Crippen molar-refractivity contribution in [3.8, 4) is 11.8 Å². The summed E-state index contributed by atoms with van der Waals surface area (Å²) in [6.07, 6.45) is 0. The predicted octanol–water partition coefficient (Wildman–Crippen LogP) is 2.76. The molecule has 1 aromatic rings. The Kier molecular flexibility index (Phi) is 4.35. The SMILES string of the molecule is N#CC(Cl)COc1cc(Cl)ccc1[N+](=O)[O-]. The second kappa shape index (κ2) is 5.54. The summed E-state index contributed by atoms with van der Waals surface area (Å²) in [5, 5.41) is 18.5. The number of halogens is 2. The molecule has 0 amide bonds. The van der Waals surface area contributed by atoms with Crippen LogP contribution in [0.2, 0.25) is 5.02 Å². The molecule has 0 aliphatic rings. The molecule has 0 fully saturated rings. The van der Waals surface area contributed by atoms with E-state index in [-0.39, 0.29) is 18.0 Å². The average molecular weight is 261 g/mol. The van der Waals surface area contributed by atoms with Gasteiger partial charge in [-0.3, -0.25) is 10.1 Å². The van der Waals surface area contributed by atoms with Crippen LogP contribution in [0.15, 0.2) is 18.2 Å². The standard InChI is InChI=1S/C9H6Cl2N2O3/c10-6-1-2-8(13(14)15)9(3-6)16-5-7(11)4-12/h1-3,7H,5H2. The lowest BCUT2D eigenvalue weighted by atomic mass is 10.3. The van der Waals surface area contributed by atoms with E-state index >= 15 is 0 Å². The smallest absolute Gasteiger partial charge is 0.311 e. The summed E-state index contributed by atoms with van der Waals surface area (Å²) in [5.74, 6) is -0.00148. The van der Waals surface area contributed by atoms with Gasteiger partial charge in [0.1, 0.15) is 6.61 Å². The largest absolute Gasteiger partial charge is 0.484 e. The Morgan fingerprint density at radius 1 is 1.62 bits per heavy atom. The van der Waals surface area contributed by atoms with Gasteiger partial charge in [-0.25, -0.2) is 0 Å². The van der Waals surface area contributed by atoms with Crippen molar-refractivity contribution in [1.29, 1.82) is 5.26 Å². The number of nitriles is 1. The fourth-order valence-corrected chi connectivity index (χ4v) is 1.18. The van der Waals surface area contributed by atoms with Gasteiger partial charge in [-0.15, -0.1) is 11.6 Å². The minimum Gasteiger partial charge on any atom is -0.484 e. The molecule has 1 rings (SSSR count). The summed E-state index contributed by atoms with van der Waals surface area (Å²) < 4.78 is 5.05. The molecule has 0 N–H and O–H groups in total. The number of rotatable bonds is 4. The Bertz CT molecular complexity index is 445. The quantitative estimate of drug-likeness (QED) is 0.474. The first-order valence-electron chi connectivity index (χ1n) is 4.15. The predicted molar refractivity (Wildman–Crippen MR) is 58.9 cm³/mol. The van der Waals surface area contributed by atoms with E-state index in [0.717, 1.165) is 0 Å². The van der Waals surface area contributed by atoms with Crippen LogP contribution in [0.5, 0.6) is 5.75 Å². The third-order valence-corrected chi connectivity index (χ3v) is 2.10. The molecule has 0 saturated carbocycles. The maximum Gasteiger partial charge on any atom is 0.311 e. The number of ether oxygens (including phenoxy) is 1. The van der Waals surface area contributed by atoms with E-state index < -0.39 is 10.3 Å². The first kappa shape index (κ1) is 12.6. The van der Waals surface area contributed by atoms with Gasteiger partial charge >= 0.3 is 5.69 Å². The Morgan fingerprint density at radius 2 is 2.31 bits per heavy atom. The number of hydrogen-bond donors (Lipinski definition) is 0. The minimum atomic E-state index is -0.862. The lowest BCUT2D eigenvalue weighted by Gasteiger charge is -2.06. The van der Waals surface area contributed by atoms with Gasteiger partial charge in [0.05, 0.1) is 11.0 Å². The van der Waals surface area contributed by atoms with Crippen molar-refractivity contribution in [1.82, 2.24) is 0 Å². The zero-order valence-corrected chi connectivity index (χ0v) is 9.40. The van der Waals surface area contributed by atoms with Gasteiger partial charge in [0, 0.05) is 17.2 Å². The van der Waals surface area contributed by atoms with Crippen LogP contribution in [-0.2, 0) is 0 Å². The summed E-state index contributed by atoms with van der Waals surface area (Å²) in [6.45, 7) is -0.140. The maximum absolute atomic E-state index is 10.6. The highest BCUT2D eigenvalue weighted by Gasteiger charge is 2.16. The fourth-order valence-electron chi connectivity index (χ4n) is 0.955. The molecule has 1 unspecified atom stereocenters. The lowest BCUT2D eigenvalue weighted by Crippen LogP contribution is -2.10. The third kappa shape index (κ3) is 3.26. The molecule has 0 aromatic heterocycles. The average Bonchev–Trinajstić information content (AvgIpc) is 2.25. The molecule has 0 saturated heterocycles. The molecule has 0 radical (unpaired) electrons. The van der Waals surface area contributed by atoms with Gasteiger partial charge in [0.2, 0.25) is 0 Å². The Morgan fingerprint density at radius 3 is 2.88 bits per heavy atom. The summed E-state index contributed by atoms with van der Waals surface area (Å²) in [6, 6.07) is 5.66. The summed E-state index contributed by atoms with van der Waals surface area (Å²) in [4.78, 5) is 10.0. The van der Waals surface area contributed by atoms with E-state index in [4.69, 9.17) is 33.2 Å². The van der Waals surface area contributed by atoms with Crippen LogP contribution in [0.1, 0.15) is 0 Å². The number of nitro groups is 1. The van der Waals surface area contributed by atoms with Gasteiger partial charge in [-0.2, -0.15) is 5.26 Å². The van der Waals surface area contributed by atoms with E-state index in [1.54, 1.807) is 6.07 Å². The number of hydrogen-bond acceptors (Lipinski definition) is 4. The highest BCUT2D eigenvalue weighted by Crippen LogP contribution is 2.30. The summed E-state index contributed by atoms with van der Waals surface area (Å²) in [5.41, 5.74) is -0.216. The van der Waals surface area contributed by atoms with Crippen LogP contribution in [0.3, 0.4) is 0 Å². The van der Waals surface area contributed by atoms with Crippen molar-refractivity contribution in [2.75, 3.05) is 6.61 Å². The molecule has 5 nitrogen and oxygen atoms in total. The Hall–Kier alpha value is -1.51. The van der Waals surface area contributed by atoms with Crippen LogP contribution in [0, 0.1) is 21.4 Å². The molecule has 1 atom stereocenters. The van der Waals surface area contributed by atoms with E-state index in [1.807, 2.05) is 0 Å². The fraction of sp³-hybridized carbons (Fsp3) is 0.222. The van der Waals surface area contributed by atoms with Gasteiger partial charge < -0.3 is 4.74 Å². The molecular weight excluding hydrogens is 255 g/mol. The second-order valence-electron chi connectivity index (χ2n) is 2.78. The van der Waals surface area contributed by atoms with Gasteiger partial charge in [-0.1, -0.05) is 11.6 Å².